The fraction of sp³-hybridized carbons (Fsp3) is 1.00. The van der Waals surface area contributed by atoms with Gasteiger partial charge in [0, 0.05) is 7.11 Å². The first kappa shape index (κ1) is 12.4. The Morgan fingerprint density at radius 3 is 2.38 bits per heavy atom. The number of hydrogen-bond acceptors (Lipinski definition) is 2. The van der Waals surface area contributed by atoms with Crippen LogP contribution in [0.3, 0.4) is 0 Å². The van der Waals surface area contributed by atoms with Crippen LogP contribution in [0, 0.1) is 11.8 Å². The Kier molecular flexibility index (Phi) is 4.66. The Balaban J connectivity index is 1.76. The molecule has 2 aliphatic carbocycles. The standard InChI is InChI=1S/C14H26O2/c1-16-14(12-5-3-2-4-6-12)13(15)10-9-11-7-8-11/h11-15H,2-10H2,1H3. The monoisotopic (exact) mass is 226 g/mol. The minimum absolute atomic E-state index is 0.0963. The number of methoxy groups -OCH3 is 1. The summed E-state index contributed by atoms with van der Waals surface area (Å²) in [5, 5.41) is 10.2. The first-order valence-electron chi connectivity index (χ1n) is 7.02. The second-order valence-corrected chi connectivity index (χ2v) is 5.69. The van der Waals surface area contributed by atoms with Crippen LogP contribution < -0.4 is 0 Å². The Hall–Kier alpha value is -0.0800. The zero-order valence-electron chi connectivity index (χ0n) is 10.5. The number of aliphatic hydroxyl groups excluding tert-OH is 1. The largest absolute Gasteiger partial charge is 0.390 e. The third kappa shape index (κ3) is 3.46. The van der Waals surface area contributed by atoms with Gasteiger partial charge in [-0.2, -0.15) is 0 Å². The average Bonchev–Trinajstić information content (AvgIpc) is 3.13. The van der Waals surface area contributed by atoms with Crippen molar-refractivity contribution in [3.63, 3.8) is 0 Å². The van der Waals surface area contributed by atoms with Crippen molar-refractivity contribution in [2.75, 3.05) is 7.11 Å². The van der Waals surface area contributed by atoms with Gasteiger partial charge < -0.3 is 9.84 Å². The van der Waals surface area contributed by atoms with Crippen molar-refractivity contribution in [3.8, 4) is 0 Å². The van der Waals surface area contributed by atoms with E-state index < -0.39 is 0 Å². The first-order chi connectivity index (χ1) is 7.81. The molecule has 2 fully saturated rings. The Morgan fingerprint density at radius 2 is 1.81 bits per heavy atom. The molecule has 2 saturated carbocycles. The average molecular weight is 226 g/mol. The molecule has 2 atom stereocenters. The van der Waals surface area contributed by atoms with Crippen molar-refractivity contribution in [2.45, 2.75) is 70.0 Å². The third-order valence-electron chi connectivity index (χ3n) is 4.33. The predicted octanol–water partition coefficient (Wildman–Crippen LogP) is 3.13. The van der Waals surface area contributed by atoms with E-state index in [2.05, 4.69) is 0 Å². The molecule has 0 aromatic heterocycles. The molecular formula is C14H26O2. The molecule has 0 amide bonds. The molecule has 2 heteroatoms. The van der Waals surface area contributed by atoms with Crippen molar-refractivity contribution >= 4 is 0 Å². The van der Waals surface area contributed by atoms with Crippen LogP contribution in [0.2, 0.25) is 0 Å². The van der Waals surface area contributed by atoms with Gasteiger partial charge in [-0.1, -0.05) is 32.1 Å². The summed E-state index contributed by atoms with van der Waals surface area (Å²) in [7, 11) is 1.76. The van der Waals surface area contributed by atoms with Crippen LogP contribution in [0.15, 0.2) is 0 Å². The quantitative estimate of drug-likeness (QED) is 0.754. The van der Waals surface area contributed by atoms with Gasteiger partial charge in [-0.05, 0) is 37.5 Å². The SMILES string of the molecule is COC(C(O)CCC1CC1)C1CCCCC1. The fourth-order valence-corrected chi connectivity index (χ4v) is 3.10. The van der Waals surface area contributed by atoms with Gasteiger partial charge >= 0.3 is 0 Å². The van der Waals surface area contributed by atoms with E-state index >= 15 is 0 Å². The summed E-state index contributed by atoms with van der Waals surface area (Å²) in [5.74, 6) is 1.52. The Labute approximate surface area is 99.4 Å². The highest BCUT2D eigenvalue weighted by Gasteiger charge is 2.31. The van der Waals surface area contributed by atoms with E-state index in [0.717, 1.165) is 12.3 Å². The summed E-state index contributed by atoms with van der Waals surface area (Å²) >= 11 is 0. The number of rotatable bonds is 6. The number of aliphatic hydroxyl groups is 1. The van der Waals surface area contributed by atoms with Crippen molar-refractivity contribution in [1.82, 2.24) is 0 Å². The van der Waals surface area contributed by atoms with Gasteiger partial charge in [0.25, 0.3) is 0 Å². The zero-order valence-corrected chi connectivity index (χ0v) is 10.5. The van der Waals surface area contributed by atoms with Gasteiger partial charge in [0.05, 0.1) is 12.2 Å². The molecule has 94 valence electrons. The predicted molar refractivity (Wildman–Crippen MR) is 65.3 cm³/mol. The van der Waals surface area contributed by atoms with E-state index in [1.807, 2.05) is 0 Å². The van der Waals surface area contributed by atoms with E-state index in [1.54, 1.807) is 7.11 Å². The zero-order chi connectivity index (χ0) is 11.4. The molecule has 0 aliphatic heterocycles. The number of ether oxygens (including phenoxy) is 1. The van der Waals surface area contributed by atoms with Gasteiger partial charge in [-0.25, -0.2) is 0 Å². The second-order valence-electron chi connectivity index (χ2n) is 5.69. The van der Waals surface area contributed by atoms with Gasteiger partial charge in [-0.3, -0.25) is 0 Å². The van der Waals surface area contributed by atoms with Crippen molar-refractivity contribution in [3.05, 3.63) is 0 Å². The molecule has 0 heterocycles. The Bertz CT molecular complexity index is 195. The molecule has 0 saturated heterocycles. The van der Waals surface area contributed by atoms with Crippen molar-refractivity contribution in [1.29, 1.82) is 0 Å². The summed E-state index contributed by atoms with van der Waals surface area (Å²) < 4.78 is 5.55. The summed E-state index contributed by atoms with van der Waals surface area (Å²) in [5.41, 5.74) is 0. The van der Waals surface area contributed by atoms with Crippen LogP contribution in [0.1, 0.15) is 57.8 Å². The second kappa shape index (κ2) is 6.02. The van der Waals surface area contributed by atoms with Gasteiger partial charge in [0.15, 0.2) is 0 Å². The van der Waals surface area contributed by atoms with Crippen LogP contribution in [-0.2, 0) is 4.74 Å². The Morgan fingerprint density at radius 1 is 1.12 bits per heavy atom. The fourth-order valence-electron chi connectivity index (χ4n) is 3.10. The van der Waals surface area contributed by atoms with Crippen molar-refractivity contribution < 1.29 is 9.84 Å². The molecule has 2 unspecified atom stereocenters. The van der Waals surface area contributed by atoms with Crippen LogP contribution >= 0.6 is 0 Å². The topological polar surface area (TPSA) is 29.5 Å². The smallest absolute Gasteiger partial charge is 0.0858 e. The highest BCUT2D eigenvalue weighted by molar-refractivity contribution is 4.82. The molecule has 2 nitrogen and oxygen atoms in total. The first-order valence-corrected chi connectivity index (χ1v) is 7.02. The van der Waals surface area contributed by atoms with Crippen molar-refractivity contribution in [2.24, 2.45) is 11.8 Å². The molecule has 0 bridgehead atoms. The van der Waals surface area contributed by atoms with Crippen LogP contribution in [0.25, 0.3) is 0 Å². The molecular weight excluding hydrogens is 200 g/mol. The summed E-state index contributed by atoms with van der Waals surface area (Å²) in [4.78, 5) is 0. The molecule has 0 radical (unpaired) electrons. The minimum Gasteiger partial charge on any atom is -0.390 e. The van der Waals surface area contributed by atoms with Crippen LogP contribution in [0.5, 0.6) is 0 Å². The van der Waals surface area contributed by atoms with Gasteiger partial charge in [0.2, 0.25) is 0 Å². The maximum atomic E-state index is 10.2. The van der Waals surface area contributed by atoms with Gasteiger partial charge in [-0.15, -0.1) is 0 Å². The lowest BCUT2D eigenvalue weighted by atomic mass is 9.82. The molecule has 1 N–H and O–H groups in total. The number of hydrogen-bond donors (Lipinski definition) is 1. The molecule has 0 aromatic rings. The van der Waals surface area contributed by atoms with Gasteiger partial charge in [0.1, 0.15) is 0 Å². The summed E-state index contributed by atoms with van der Waals surface area (Å²) in [6, 6.07) is 0. The van der Waals surface area contributed by atoms with E-state index in [9.17, 15) is 5.11 Å². The van der Waals surface area contributed by atoms with Crippen LogP contribution in [0.4, 0.5) is 0 Å². The molecule has 2 rings (SSSR count). The highest BCUT2D eigenvalue weighted by Crippen LogP contribution is 2.36. The maximum Gasteiger partial charge on any atom is 0.0858 e. The minimum atomic E-state index is -0.228. The molecule has 0 spiro atoms. The maximum absolute atomic E-state index is 10.2. The van der Waals surface area contributed by atoms with E-state index in [4.69, 9.17) is 4.74 Å². The lowest BCUT2D eigenvalue weighted by molar-refractivity contribution is -0.0580. The molecule has 16 heavy (non-hydrogen) atoms. The van der Waals surface area contributed by atoms with E-state index in [0.29, 0.717) is 5.92 Å². The summed E-state index contributed by atoms with van der Waals surface area (Å²) in [6.45, 7) is 0. The van der Waals surface area contributed by atoms with E-state index in [1.165, 1.54) is 51.4 Å². The highest BCUT2D eigenvalue weighted by atomic mass is 16.5. The lowest BCUT2D eigenvalue weighted by Crippen LogP contribution is -2.36. The van der Waals surface area contributed by atoms with Crippen LogP contribution in [-0.4, -0.2) is 24.4 Å². The molecule has 0 aromatic carbocycles. The van der Waals surface area contributed by atoms with E-state index in [-0.39, 0.29) is 12.2 Å². The normalized spacial score (nSPS) is 26.6. The third-order valence-corrected chi connectivity index (χ3v) is 4.33. The molecule has 2 aliphatic rings. The lowest BCUT2D eigenvalue weighted by Gasteiger charge is -2.32. The summed E-state index contributed by atoms with van der Waals surface area (Å²) in [6.07, 6.45) is 11.3.